The third-order valence-electron chi connectivity index (χ3n) is 1.82. The minimum Gasteiger partial charge on any atom is -0.330 e. The van der Waals surface area contributed by atoms with Gasteiger partial charge in [-0.15, -0.1) is 11.8 Å². The minimum atomic E-state index is -4.23. The number of aromatic nitrogens is 1. The highest BCUT2D eigenvalue weighted by Crippen LogP contribution is 2.30. The summed E-state index contributed by atoms with van der Waals surface area (Å²) in [5, 5.41) is 0.584. The number of rotatable bonds is 4. The van der Waals surface area contributed by atoms with Crippen molar-refractivity contribution in [1.29, 1.82) is 0 Å². The lowest BCUT2D eigenvalue weighted by Crippen LogP contribution is -2.32. The van der Waals surface area contributed by atoms with Crippen LogP contribution < -0.4 is 5.73 Å². The highest BCUT2D eigenvalue weighted by atomic mass is 32.2. The molecule has 1 atom stereocenters. The Hall–Kier alpha value is -0.750. The zero-order chi connectivity index (χ0) is 11.3. The van der Waals surface area contributed by atoms with Gasteiger partial charge in [0, 0.05) is 18.5 Å². The Kier molecular flexibility index (Phi) is 4.41. The Morgan fingerprint density at radius 1 is 1.40 bits per heavy atom. The molecule has 6 heteroatoms. The van der Waals surface area contributed by atoms with E-state index in [4.69, 9.17) is 5.73 Å². The SMILES string of the molecule is NCC(CSc1ccccn1)C(F)(F)F. The number of pyridine rings is 1. The van der Waals surface area contributed by atoms with Gasteiger partial charge in [-0.3, -0.25) is 0 Å². The fourth-order valence-corrected chi connectivity index (χ4v) is 1.92. The molecular formula is C9H11F3N2S. The third kappa shape index (κ3) is 4.09. The number of nitrogens with zero attached hydrogens (tertiary/aromatic N) is 1. The number of thioether (sulfide) groups is 1. The number of halogens is 3. The van der Waals surface area contributed by atoms with Crippen LogP contribution in [0.2, 0.25) is 0 Å². The van der Waals surface area contributed by atoms with E-state index in [9.17, 15) is 13.2 Å². The number of alkyl halides is 3. The minimum absolute atomic E-state index is 0.0863. The molecule has 1 aromatic rings. The maximum Gasteiger partial charge on any atom is 0.393 e. The summed E-state index contributed by atoms with van der Waals surface area (Å²) in [5.74, 6) is -1.55. The molecule has 0 radical (unpaired) electrons. The topological polar surface area (TPSA) is 38.9 Å². The maximum atomic E-state index is 12.3. The molecule has 1 rings (SSSR count). The van der Waals surface area contributed by atoms with Gasteiger partial charge in [-0.2, -0.15) is 13.2 Å². The molecule has 0 saturated heterocycles. The van der Waals surface area contributed by atoms with Crippen LogP contribution in [0.5, 0.6) is 0 Å². The van der Waals surface area contributed by atoms with Crippen molar-refractivity contribution >= 4 is 11.8 Å². The average molecular weight is 236 g/mol. The van der Waals surface area contributed by atoms with Crippen LogP contribution in [0.4, 0.5) is 13.2 Å². The first-order chi connectivity index (χ1) is 7.04. The Labute approximate surface area is 90.1 Å². The van der Waals surface area contributed by atoms with Crippen molar-refractivity contribution < 1.29 is 13.2 Å². The van der Waals surface area contributed by atoms with Crippen LogP contribution in [0.25, 0.3) is 0 Å². The first-order valence-electron chi connectivity index (χ1n) is 4.34. The molecule has 1 unspecified atom stereocenters. The number of hydrogen-bond acceptors (Lipinski definition) is 3. The van der Waals surface area contributed by atoms with Crippen molar-refractivity contribution in [2.75, 3.05) is 12.3 Å². The van der Waals surface area contributed by atoms with Gasteiger partial charge >= 0.3 is 6.18 Å². The van der Waals surface area contributed by atoms with Gasteiger partial charge in [-0.05, 0) is 12.1 Å². The molecule has 1 aromatic heterocycles. The van der Waals surface area contributed by atoms with E-state index < -0.39 is 12.1 Å². The van der Waals surface area contributed by atoms with Crippen LogP contribution in [0.3, 0.4) is 0 Å². The van der Waals surface area contributed by atoms with E-state index in [0.717, 1.165) is 11.8 Å². The van der Waals surface area contributed by atoms with Crippen LogP contribution in [0.1, 0.15) is 0 Å². The quantitative estimate of drug-likeness (QED) is 0.815. The summed E-state index contributed by atoms with van der Waals surface area (Å²) in [6, 6.07) is 5.13. The fraction of sp³-hybridized carbons (Fsp3) is 0.444. The van der Waals surface area contributed by atoms with Crippen LogP contribution in [-0.4, -0.2) is 23.5 Å². The predicted octanol–water partition coefficient (Wildman–Crippen LogP) is 2.31. The van der Waals surface area contributed by atoms with Gasteiger partial charge in [0.05, 0.1) is 10.9 Å². The van der Waals surface area contributed by atoms with Gasteiger partial charge < -0.3 is 5.73 Å². The second kappa shape index (κ2) is 5.37. The summed E-state index contributed by atoms with van der Waals surface area (Å²) in [5.41, 5.74) is 5.07. The van der Waals surface area contributed by atoms with Crippen molar-refractivity contribution in [3.05, 3.63) is 24.4 Å². The molecule has 0 aliphatic carbocycles. The van der Waals surface area contributed by atoms with Gasteiger partial charge in [0.25, 0.3) is 0 Å². The molecule has 0 saturated carbocycles. The first-order valence-corrected chi connectivity index (χ1v) is 5.33. The number of hydrogen-bond donors (Lipinski definition) is 1. The van der Waals surface area contributed by atoms with Crippen molar-refractivity contribution in [3.8, 4) is 0 Å². The zero-order valence-corrected chi connectivity index (χ0v) is 8.68. The van der Waals surface area contributed by atoms with Crippen molar-refractivity contribution in [2.24, 2.45) is 11.7 Å². The normalized spacial score (nSPS) is 13.9. The Morgan fingerprint density at radius 3 is 2.60 bits per heavy atom. The third-order valence-corrected chi connectivity index (χ3v) is 2.92. The van der Waals surface area contributed by atoms with Gasteiger partial charge in [-0.25, -0.2) is 4.98 Å². The maximum absolute atomic E-state index is 12.3. The summed E-state index contributed by atoms with van der Waals surface area (Å²) in [6.45, 7) is -0.386. The summed E-state index contributed by atoms with van der Waals surface area (Å²) < 4.78 is 36.9. The molecule has 2 nitrogen and oxygen atoms in total. The lowest BCUT2D eigenvalue weighted by Gasteiger charge is -2.17. The van der Waals surface area contributed by atoms with Crippen molar-refractivity contribution in [3.63, 3.8) is 0 Å². The predicted molar refractivity (Wildman–Crippen MR) is 53.6 cm³/mol. The van der Waals surface area contributed by atoms with E-state index in [0.29, 0.717) is 5.03 Å². The van der Waals surface area contributed by atoms with Crippen molar-refractivity contribution in [1.82, 2.24) is 4.98 Å². The van der Waals surface area contributed by atoms with Gasteiger partial charge in [0.2, 0.25) is 0 Å². The molecule has 15 heavy (non-hydrogen) atoms. The summed E-state index contributed by atoms with van der Waals surface area (Å²) in [7, 11) is 0. The Bertz CT molecular complexity index is 289. The van der Waals surface area contributed by atoms with Crippen LogP contribution in [-0.2, 0) is 0 Å². The Morgan fingerprint density at radius 2 is 2.13 bits per heavy atom. The zero-order valence-electron chi connectivity index (χ0n) is 7.87. The molecule has 84 valence electrons. The molecule has 0 aliphatic heterocycles. The standard InChI is InChI=1S/C9H11F3N2S/c10-9(11,12)7(5-13)6-15-8-3-1-2-4-14-8/h1-4,7H,5-6,13H2. The van der Waals surface area contributed by atoms with Crippen LogP contribution in [0, 0.1) is 5.92 Å². The molecule has 0 aromatic carbocycles. The van der Waals surface area contributed by atoms with E-state index >= 15 is 0 Å². The molecular weight excluding hydrogens is 225 g/mol. The fourth-order valence-electron chi connectivity index (χ4n) is 0.915. The summed E-state index contributed by atoms with van der Waals surface area (Å²) >= 11 is 1.07. The second-order valence-corrected chi connectivity index (χ2v) is 3.99. The molecule has 0 aliphatic rings. The lowest BCUT2D eigenvalue weighted by atomic mass is 10.2. The first kappa shape index (κ1) is 12.3. The molecule has 1 heterocycles. The van der Waals surface area contributed by atoms with Gasteiger partial charge in [-0.1, -0.05) is 6.07 Å². The van der Waals surface area contributed by atoms with Gasteiger partial charge in [0.15, 0.2) is 0 Å². The van der Waals surface area contributed by atoms with Crippen LogP contribution in [0.15, 0.2) is 29.4 Å². The molecule has 0 fully saturated rings. The van der Waals surface area contributed by atoms with Gasteiger partial charge in [0.1, 0.15) is 0 Å². The Balaban J connectivity index is 2.49. The highest BCUT2D eigenvalue weighted by Gasteiger charge is 2.38. The summed E-state index contributed by atoms with van der Waals surface area (Å²) in [6.07, 6.45) is -2.68. The van der Waals surface area contributed by atoms with E-state index in [1.165, 1.54) is 0 Å². The highest BCUT2D eigenvalue weighted by molar-refractivity contribution is 7.99. The van der Waals surface area contributed by atoms with Crippen LogP contribution >= 0.6 is 11.8 Å². The average Bonchev–Trinajstić information content (AvgIpc) is 2.18. The smallest absolute Gasteiger partial charge is 0.330 e. The monoisotopic (exact) mass is 236 g/mol. The van der Waals surface area contributed by atoms with E-state index in [2.05, 4.69) is 4.98 Å². The van der Waals surface area contributed by atoms with E-state index in [-0.39, 0.29) is 12.3 Å². The largest absolute Gasteiger partial charge is 0.393 e. The van der Waals surface area contributed by atoms with Crippen molar-refractivity contribution in [2.45, 2.75) is 11.2 Å². The molecule has 0 spiro atoms. The molecule has 0 bridgehead atoms. The summed E-state index contributed by atoms with van der Waals surface area (Å²) in [4.78, 5) is 3.92. The number of nitrogens with two attached hydrogens (primary N) is 1. The van der Waals surface area contributed by atoms with E-state index in [1.807, 2.05) is 0 Å². The molecule has 2 N–H and O–H groups in total. The lowest BCUT2D eigenvalue weighted by molar-refractivity contribution is -0.165. The molecule has 0 amide bonds. The van der Waals surface area contributed by atoms with E-state index in [1.54, 1.807) is 24.4 Å². The second-order valence-electron chi connectivity index (χ2n) is 2.95.